The van der Waals surface area contributed by atoms with Crippen molar-refractivity contribution in [2.75, 3.05) is 6.54 Å². The highest BCUT2D eigenvalue weighted by atomic mass is 79.9. The van der Waals surface area contributed by atoms with Crippen LogP contribution in [0.5, 0.6) is 5.75 Å². The Kier molecular flexibility index (Phi) is 7.22. The number of hydrogen-bond acceptors (Lipinski definition) is 3. The number of aliphatic carboxylic acids is 1. The monoisotopic (exact) mass is 357 g/mol. The molecule has 0 aromatic heterocycles. The lowest BCUT2D eigenvalue weighted by molar-refractivity contribution is -0.137. The number of carboxylic acids is 1. The minimum atomic E-state index is -0.816. The lowest BCUT2D eigenvalue weighted by atomic mass is 10.2. The highest BCUT2D eigenvalue weighted by Gasteiger charge is 2.09. The summed E-state index contributed by atoms with van der Waals surface area (Å²) in [5, 5.41) is 11.3. The summed E-state index contributed by atoms with van der Waals surface area (Å²) in [6.45, 7) is 4.30. The Labute approximate surface area is 132 Å². The third kappa shape index (κ3) is 7.13. The van der Waals surface area contributed by atoms with E-state index in [1.165, 1.54) is 0 Å². The second-order valence-corrected chi connectivity index (χ2v) is 5.86. The van der Waals surface area contributed by atoms with Crippen molar-refractivity contribution in [3.63, 3.8) is 0 Å². The van der Waals surface area contributed by atoms with Crippen LogP contribution in [-0.2, 0) is 4.79 Å². The quantitative estimate of drug-likeness (QED) is 0.700. The van der Waals surface area contributed by atoms with E-state index in [1.54, 1.807) is 12.1 Å². The zero-order chi connectivity index (χ0) is 15.8. The van der Waals surface area contributed by atoms with E-state index < -0.39 is 5.97 Å². The SMILES string of the molecule is CC(C)Oc1cc(Br)cc(C(=O)NCCCCC(=O)O)c1. The standard InChI is InChI=1S/C15H20BrNO4/c1-10(2)21-13-8-11(7-12(16)9-13)15(20)17-6-4-3-5-14(18)19/h7-10H,3-6H2,1-2H3,(H,17,20)(H,18,19). The molecule has 2 N–H and O–H groups in total. The van der Waals surface area contributed by atoms with E-state index in [0.717, 1.165) is 4.47 Å². The summed E-state index contributed by atoms with van der Waals surface area (Å²) in [6, 6.07) is 5.22. The van der Waals surface area contributed by atoms with Crippen molar-refractivity contribution in [3.05, 3.63) is 28.2 Å². The van der Waals surface area contributed by atoms with Gasteiger partial charge in [0, 0.05) is 23.0 Å². The molecule has 1 rings (SSSR count). The maximum atomic E-state index is 12.0. The maximum absolute atomic E-state index is 12.0. The van der Waals surface area contributed by atoms with Gasteiger partial charge in [-0.2, -0.15) is 0 Å². The molecule has 0 saturated carbocycles. The van der Waals surface area contributed by atoms with Gasteiger partial charge in [-0.1, -0.05) is 15.9 Å². The van der Waals surface area contributed by atoms with Gasteiger partial charge in [-0.3, -0.25) is 9.59 Å². The van der Waals surface area contributed by atoms with E-state index in [4.69, 9.17) is 9.84 Å². The largest absolute Gasteiger partial charge is 0.491 e. The Bertz CT molecular complexity index is 502. The number of benzene rings is 1. The molecule has 116 valence electrons. The number of hydrogen-bond donors (Lipinski definition) is 2. The van der Waals surface area contributed by atoms with Gasteiger partial charge < -0.3 is 15.2 Å². The minimum absolute atomic E-state index is 0.0335. The van der Waals surface area contributed by atoms with Crippen LogP contribution < -0.4 is 10.1 Å². The lowest BCUT2D eigenvalue weighted by Crippen LogP contribution is -2.24. The first-order chi connectivity index (χ1) is 9.88. The van der Waals surface area contributed by atoms with Gasteiger partial charge >= 0.3 is 5.97 Å². The fraction of sp³-hybridized carbons (Fsp3) is 0.467. The molecule has 5 nitrogen and oxygen atoms in total. The summed E-state index contributed by atoms with van der Waals surface area (Å²) >= 11 is 3.35. The number of carbonyl (C=O) groups excluding carboxylic acids is 1. The Morgan fingerprint density at radius 1 is 1.29 bits per heavy atom. The van der Waals surface area contributed by atoms with Gasteiger partial charge in [-0.15, -0.1) is 0 Å². The van der Waals surface area contributed by atoms with Crippen molar-refractivity contribution in [2.45, 2.75) is 39.2 Å². The molecule has 0 aliphatic heterocycles. The van der Waals surface area contributed by atoms with E-state index in [2.05, 4.69) is 21.2 Å². The topological polar surface area (TPSA) is 75.6 Å². The molecular weight excluding hydrogens is 338 g/mol. The Morgan fingerprint density at radius 3 is 2.62 bits per heavy atom. The van der Waals surface area contributed by atoms with E-state index in [9.17, 15) is 9.59 Å². The number of unbranched alkanes of at least 4 members (excludes halogenated alkanes) is 1. The molecule has 0 spiro atoms. The fourth-order valence-corrected chi connectivity index (χ4v) is 2.21. The maximum Gasteiger partial charge on any atom is 0.303 e. The van der Waals surface area contributed by atoms with Gasteiger partial charge in [0.05, 0.1) is 6.10 Å². The summed E-state index contributed by atoms with van der Waals surface area (Å²) in [5.74, 6) is -0.376. The molecule has 1 amide bonds. The van der Waals surface area contributed by atoms with Crippen LogP contribution in [0.2, 0.25) is 0 Å². The fourth-order valence-electron chi connectivity index (χ4n) is 1.74. The molecule has 0 saturated heterocycles. The van der Waals surface area contributed by atoms with Gasteiger partial charge in [0.2, 0.25) is 0 Å². The molecule has 1 aromatic carbocycles. The molecule has 6 heteroatoms. The molecule has 0 atom stereocenters. The number of ether oxygens (including phenoxy) is 1. The van der Waals surface area contributed by atoms with Crippen molar-refractivity contribution in [2.24, 2.45) is 0 Å². The summed E-state index contributed by atoms with van der Waals surface area (Å²) in [4.78, 5) is 22.4. The van der Waals surface area contributed by atoms with Crippen LogP contribution in [0.4, 0.5) is 0 Å². The van der Waals surface area contributed by atoms with Gasteiger partial charge in [-0.25, -0.2) is 0 Å². The Balaban J connectivity index is 2.53. The zero-order valence-corrected chi connectivity index (χ0v) is 13.8. The minimum Gasteiger partial charge on any atom is -0.491 e. The molecule has 0 bridgehead atoms. The zero-order valence-electron chi connectivity index (χ0n) is 12.2. The van der Waals surface area contributed by atoms with Crippen molar-refractivity contribution in [1.82, 2.24) is 5.32 Å². The van der Waals surface area contributed by atoms with Crippen LogP contribution in [0, 0.1) is 0 Å². The number of carbonyl (C=O) groups is 2. The summed E-state index contributed by atoms with van der Waals surface area (Å²) in [5.41, 5.74) is 0.512. The van der Waals surface area contributed by atoms with Crippen molar-refractivity contribution >= 4 is 27.8 Å². The Hall–Kier alpha value is -1.56. The predicted octanol–water partition coefficient (Wildman–Crippen LogP) is 3.22. The molecule has 0 aliphatic carbocycles. The number of carboxylic acid groups (broad SMARTS) is 1. The van der Waals surface area contributed by atoms with Gasteiger partial charge in [-0.05, 0) is 44.9 Å². The van der Waals surface area contributed by atoms with Crippen LogP contribution in [0.25, 0.3) is 0 Å². The molecule has 0 aliphatic rings. The van der Waals surface area contributed by atoms with Crippen LogP contribution in [0.1, 0.15) is 43.5 Å². The van der Waals surface area contributed by atoms with Crippen molar-refractivity contribution < 1.29 is 19.4 Å². The summed E-state index contributed by atoms with van der Waals surface area (Å²) in [7, 11) is 0. The van der Waals surface area contributed by atoms with E-state index in [0.29, 0.717) is 30.7 Å². The molecule has 1 aromatic rings. The van der Waals surface area contributed by atoms with E-state index >= 15 is 0 Å². The van der Waals surface area contributed by atoms with Gasteiger partial charge in [0.25, 0.3) is 5.91 Å². The molecule has 0 fully saturated rings. The number of halogens is 1. The average molecular weight is 358 g/mol. The first-order valence-electron chi connectivity index (χ1n) is 6.85. The molecule has 0 radical (unpaired) electrons. The summed E-state index contributed by atoms with van der Waals surface area (Å²) < 4.78 is 6.35. The second-order valence-electron chi connectivity index (χ2n) is 4.95. The Morgan fingerprint density at radius 2 is 2.00 bits per heavy atom. The third-order valence-electron chi connectivity index (χ3n) is 2.61. The normalized spacial score (nSPS) is 10.5. The van der Waals surface area contributed by atoms with Crippen LogP contribution >= 0.6 is 15.9 Å². The first kappa shape index (κ1) is 17.5. The number of amides is 1. The predicted molar refractivity (Wildman–Crippen MR) is 83.7 cm³/mol. The smallest absolute Gasteiger partial charge is 0.303 e. The number of rotatable bonds is 8. The lowest BCUT2D eigenvalue weighted by Gasteiger charge is -2.12. The number of nitrogens with one attached hydrogen (secondary N) is 1. The first-order valence-corrected chi connectivity index (χ1v) is 7.65. The third-order valence-corrected chi connectivity index (χ3v) is 3.07. The summed E-state index contributed by atoms with van der Waals surface area (Å²) in [6.07, 6.45) is 1.35. The highest BCUT2D eigenvalue weighted by Crippen LogP contribution is 2.22. The van der Waals surface area contributed by atoms with Crippen molar-refractivity contribution in [1.29, 1.82) is 0 Å². The average Bonchev–Trinajstić information content (AvgIpc) is 2.36. The van der Waals surface area contributed by atoms with E-state index in [-0.39, 0.29) is 18.4 Å². The highest BCUT2D eigenvalue weighted by molar-refractivity contribution is 9.10. The van der Waals surface area contributed by atoms with Crippen LogP contribution in [-0.4, -0.2) is 29.6 Å². The van der Waals surface area contributed by atoms with E-state index in [1.807, 2.05) is 19.9 Å². The van der Waals surface area contributed by atoms with Crippen molar-refractivity contribution in [3.8, 4) is 5.75 Å². The molecular formula is C15H20BrNO4. The van der Waals surface area contributed by atoms with Crippen LogP contribution in [0.3, 0.4) is 0 Å². The van der Waals surface area contributed by atoms with Crippen LogP contribution in [0.15, 0.2) is 22.7 Å². The van der Waals surface area contributed by atoms with Gasteiger partial charge in [0.1, 0.15) is 5.75 Å². The molecule has 21 heavy (non-hydrogen) atoms. The molecule has 0 heterocycles. The second kappa shape index (κ2) is 8.67. The van der Waals surface area contributed by atoms with Gasteiger partial charge in [0.15, 0.2) is 0 Å². The molecule has 0 unspecified atom stereocenters.